The lowest BCUT2D eigenvalue weighted by molar-refractivity contribution is -0.132. The van der Waals surface area contributed by atoms with E-state index < -0.39 is 0 Å². The summed E-state index contributed by atoms with van der Waals surface area (Å²) in [5.41, 5.74) is 0. The molecule has 0 radical (unpaired) electrons. The van der Waals surface area contributed by atoms with Gasteiger partial charge >= 0.3 is 0 Å². The average molecular weight is 322 g/mol. The molecule has 22 heavy (non-hydrogen) atoms. The Balaban J connectivity index is 1.76. The largest absolute Gasteiger partial charge is 0.354 e. The number of hydrogen-bond donors (Lipinski definition) is 1. The molecule has 5 heteroatoms. The number of thiophene rings is 1. The quantitative estimate of drug-likeness (QED) is 0.819. The van der Waals surface area contributed by atoms with E-state index in [4.69, 9.17) is 0 Å². The molecule has 122 valence electrons. The minimum absolute atomic E-state index is 0.0341. The SMILES string of the molecule is CC(=O)N(CCNC(=O)Cc1cccs1)C1CCCCCC1. The van der Waals surface area contributed by atoms with Gasteiger partial charge < -0.3 is 10.2 Å². The normalized spacial score (nSPS) is 16.0. The Morgan fingerprint density at radius 1 is 1.27 bits per heavy atom. The van der Waals surface area contributed by atoms with Crippen molar-refractivity contribution in [2.75, 3.05) is 13.1 Å². The summed E-state index contributed by atoms with van der Waals surface area (Å²) in [6.45, 7) is 2.80. The molecule has 1 fully saturated rings. The summed E-state index contributed by atoms with van der Waals surface area (Å²) in [7, 11) is 0. The molecule has 1 saturated carbocycles. The van der Waals surface area contributed by atoms with Crippen molar-refractivity contribution in [1.29, 1.82) is 0 Å². The first-order valence-electron chi connectivity index (χ1n) is 8.23. The number of amides is 2. The fourth-order valence-corrected chi connectivity index (χ4v) is 3.82. The van der Waals surface area contributed by atoms with E-state index >= 15 is 0 Å². The van der Waals surface area contributed by atoms with Gasteiger partial charge in [-0.15, -0.1) is 11.3 Å². The summed E-state index contributed by atoms with van der Waals surface area (Å²) in [4.78, 5) is 26.8. The van der Waals surface area contributed by atoms with Crippen molar-refractivity contribution in [2.24, 2.45) is 0 Å². The molecule has 1 aromatic heterocycles. The first kappa shape index (κ1) is 17.0. The zero-order valence-electron chi connectivity index (χ0n) is 13.3. The van der Waals surface area contributed by atoms with Crippen LogP contribution in [0.15, 0.2) is 17.5 Å². The van der Waals surface area contributed by atoms with Crippen LogP contribution in [0.25, 0.3) is 0 Å². The Morgan fingerprint density at radius 2 is 2.00 bits per heavy atom. The van der Waals surface area contributed by atoms with Gasteiger partial charge in [-0.3, -0.25) is 9.59 Å². The fourth-order valence-electron chi connectivity index (χ4n) is 3.12. The molecule has 0 spiro atoms. The summed E-state index contributed by atoms with van der Waals surface area (Å²) >= 11 is 1.60. The van der Waals surface area contributed by atoms with Gasteiger partial charge in [-0.25, -0.2) is 0 Å². The van der Waals surface area contributed by atoms with Crippen LogP contribution in [-0.2, 0) is 16.0 Å². The fraction of sp³-hybridized carbons (Fsp3) is 0.647. The van der Waals surface area contributed by atoms with Crippen molar-refractivity contribution in [3.63, 3.8) is 0 Å². The van der Waals surface area contributed by atoms with Crippen LogP contribution in [0.3, 0.4) is 0 Å². The van der Waals surface area contributed by atoms with Crippen LogP contribution in [0.1, 0.15) is 50.3 Å². The molecule has 1 aliphatic carbocycles. The third kappa shape index (κ3) is 5.44. The molecule has 0 bridgehead atoms. The molecule has 0 saturated heterocycles. The first-order chi connectivity index (χ1) is 10.7. The molecule has 0 atom stereocenters. The van der Waals surface area contributed by atoms with Gasteiger partial charge in [0.1, 0.15) is 0 Å². The summed E-state index contributed by atoms with van der Waals surface area (Å²) in [5.74, 6) is 0.159. The lowest BCUT2D eigenvalue weighted by Gasteiger charge is -2.30. The minimum Gasteiger partial charge on any atom is -0.354 e. The molecule has 1 aliphatic rings. The van der Waals surface area contributed by atoms with E-state index in [-0.39, 0.29) is 11.8 Å². The van der Waals surface area contributed by atoms with Crippen molar-refractivity contribution < 1.29 is 9.59 Å². The minimum atomic E-state index is 0.0341. The Labute approximate surface area is 136 Å². The molecule has 0 aromatic carbocycles. The standard InChI is InChI=1S/C17H26N2O2S/c1-14(20)19(15-7-4-2-3-5-8-15)11-10-18-17(21)13-16-9-6-12-22-16/h6,9,12,15H,2-5,7-8,10-11,13H2,1H3,(H,18,21). The maximum atomic E-state index is 11.9. The van der Waals surface area contributed by atoms with Crippen molar-refractivity contribution in [1.82, 2.24) is 10.2 Å². The van der Waals surface area contributed by atoms with E-state index in [1.807, 2.05) is 22.4 Å². The smallest absolute Gasteiger partial charge is 0.225 e. The molecule has 2 rings (SSSR count). The van der Waals surface area contributed by atoms with Gasteiger partial charge in [0.15, 0.2) is 0 Å². The Morgan fingerprint density at radius 3 is 2.59 bits per heavy atom. The third-order valence-corrected chi connectivity index (χ3v) is 5.14. The van der Waals surface area contributed by atoms with Crippen LogP contribution in [0.4, 0.5) is 0 Å². The molecule has 1 N–H and O–H groups in total. The van der Waals surface area contributed by atoms with Gasteiger partial charge in [-0.05, 0) is 24.3 Å². The van der Waals surface area contributed by atoms with Crippen LogP contribution in [0.2, 0.25) is 0 Å². The highest BCUT2D eigenvalue weighted by atomic mass is 32.1. The van der Waals surface area contributed by atoms with Crippen molar-refractivity contribution in [3.8, 4) is 0 Å². The predicted molar refractivity (Wildman–Crippen MR) is 89.9 cm³/mol. The molecule has 2 amide bonds. The van der Waals surface area contributed by atoms with E-state index in [0.29, 0.717) is 25.6 Å². The summed E-state index contributed by atoms with van der Waals surface area (Å²) in [5, 5.41) is 4.91. The van der Waals surface area contributed by atoms with Crippen LogP contribution in [-0.4, -0.2) is 35.8 Å². The number of nitrogens with one attached hydrogen (secondary N) is 1. The topological polar surface area (TPSA) is 49.4 Å². The Kier molecular flexibility index (Phi) is 6.90. The van der Waals surface area contributed by atoms with Crippen LogP contribution < -0.4 is 5.32 Å². The summed E-state index contributed by atoms with van der Waals surface area (Å²) in [6.07, 6.45) is 7.60. The zero-order valence-corrected chi connectivity index (χ0v) is 14.2. The molecule has 0 unspecified atom stereocenters. The van der Waals surface area contributed by atoms with E-state index in [1.165, 1.54) is 25.7 Å². The Bertz CT molecular complexity index is 465. The molecule has 0 aliphatic heterocycles. The van der Waals surface area contributed by atoms with E-state index in [2.05, 4.69) is 5.32 Å². The average Bonchev–Trinajstić information content (AvgIpc) is 2.84. The maximum Gasteiger partial charge on any atom is 0.225 e. The molecular formula is C17H26N2O2S. The lowest BCUT2D eigenvalue weighted by atomic mass is 10.1. The highest BCUT2D eigenvalue weighted by molar-refractivity contribution is 7.10. The van der Waals surface area contributed by atoms with E-state index in [9.17, 15) is 9.59 Å². The van der Waals surface area contributed by atoms with Crippen LogP contribution in [0.5, 0.6) is 0 Å². The van der Waals surface area contributed by atoms with Gasteiger partial charge in [0.25, 0.3) is 0 Å². The van der Waals surface area contributed by atoms with Gasteiger partial charge in [0, 0.05) is 30.9 Å². The molecule has 1 heterocycles. The number of nitrogens with zero attached hydrogens (tertiary/aromatic N) is 1. The van der Waals surface area contributed by atoms with E-state index in [0.717, 1.165) is 17.7 Å². The summed E-state index contributed by atoms with van der Waals surface area (Å²) in [6, 6.07) is 4.28. The van der Waals surface area contributed by atoms with Crippen LogP contribution >= 0.6 is 11.3 Å². The van der Waals surface area contributed by atoms with Gasteiger partial charge in [0.2, 0.25) is 11.8 Å². The lowest BCUT2D eigenvalue weighted by Crippen LogP contribution is -2.43. The maximum absolute atomic E-state index is 11.9. The van der Waals surface area contributed by atoms with Gasteiger partial charge in [-0.2, -0.15) is 0 Å². The predicted octanol–water partition coefficient (Wildman–Crippen LogP) is 2.98. The third-order valence-electron chi connectivity index (χ3n) is 4.26. The first-order valence-corrected chi connectivity index (χ1v) is 9.11. The van der Waals surface area contributed by atoms with E-state index in [1.54, 1.807) is 18.3 Å². The second kappa shape index (κ2) is 8.93. The number of carbonyl (C=O) groups is 2. The Hall–Kier alpha value is -1.36. The second-order valence-electron chi connectivity index (χ2n) is 5.96. The summed E-state index contributed by atoms with van der Waals surface area (Å²) < 4.78 is 0. The number of carbonyl (C=O) groups excluding carboxylic acids is 2. The van der Waals surface area contributed by atoms with Crippen molar-refractivity contribution >= 4 is 23.2 Å². The second-order valence-corrected chi connectivity index (χ2v) is 7.00. The molecular weight excluding hydrogens is 296 g/mol. The van der Waals surface area contributed by atoms with Crippen molar-refractivity contribution in [3.05, 3.63) is 22.4 Å². The number of hydrogen-bond acceptors (Lipinski definition) is 3. The molecule has 1 aromatic rings. The zero-order chi connectivity index (χ0) is 15.8. The van der Waals surface area contributed by atoms with Gasteiger partial charge in [0.05, 0.1) is 6.42 Å². The monoisotopic (exact) mass is 322 g/mol. The van der Waals surface area contributed by atoms with Crippen LogP contribution in [0, 0.1) is 0 Å². The molecule has 4 nitrogen and oxygen atoms in total. The van der Waals surface area contributed by atoms with Crippen molar-refractivity contribution in [2.45, 2.75) is 57.9 Å². The van der Waals surface area contributed by atoms with Gasteiger partial charge in [-0.1, -0.05) is 31.7 Å². The highest BCUT2D eigenvalue weighted by Gasteiger charge is 2.21. The number of rotatable bonds is 6. The highest BCUT2D eigenvalue weighted by Crippen LogP contribution is 2.21.